The molecule has 4 rings (SSSR count). The highest BCUT2D eigenvalue weighted by Gasteiger charge is 2.41. The third-order valence-corrected chi connectivity index (χ3v) is 5.21. The molecular formula is C24H20N2O5. The summed E-state index contributed by atoms with van der Waals surface area (Å²) in [7, 11) is 1.52. The van der Waals surface area contributed by atoms with E-state index in [0.717, 1.165) is 5.39 Å². The van der Waals surface area contributed by atoms with E-state index in [0.29, 0.717) is 28.3 Å². The van der Waals surface area contributed by atoms with E-state index in [1.54, 1.807) is 30.6 Å². The van der Waals surface area contributed by atoms with Crippen molar-refractivity contribution in [3.8, 4) is 5.75 Å². The predicted octanol–water partition coefficient (Wildman–Crippen LogP) is 4.48. The Morgan fingerprint density at radius 1 is 1.03 bits per heavy atom. The van der Waals surface area contributed by atoms with E-state index >= 15 is 0 Å². The Kier molecular flexibility index (Phi) is 5.17. The average molecular weight is 416 g/mol. The number of anilines is 1. The number of methoxy groups -OCH3 is 1. The Morgan fingerprint density at radius 3 is 2.42 bits per heavy atom. The number of benzene rings is 2. The van der Waals surface area contributed by atoms with E-state index < -0.39 is 11.5 Å². The molecule has 1 unspecified atom stereocenters. The highest BCUT2D eigenvalue weighted by atomic mass is 16.5. The zero-order valence-corrected chi connectivity index (χ0v) is 17.0. The van der Waals surface area contributed by atoms with Gasteiger partial charge in [0.05, 0.1) is 18.9 Å². The topological polar surface area (TPSA) is 102 Å². The summed E-state index contributed by atoms with van der Waals surface area (Å²) in [4.78, 5) is 28.7. The first-order chi connectivity index (χ1) is 14.9. The number of carboxylic acid groups (broad SMARTS) is 1. The van der Waals surface area contributed by atoms with Crippen molar-refractivity contribution in [3.05, 3.63) is 89.7 Å². The van der Waals surface area contributed by atoms with Crippen molar-refractivity contribution in [1.82, 2.24) is 4.98 Å². The van der Waals surface area contributed by atoms with Crippen LogP contribution in [0, 0.1) is 0 Å². The number of Topliss-reactive ketones (excluding diaryl/α,β-unsaturated/α-hetero) is 1. The molecule has 2 aromatic carbocycles. The molecule has 0 amide bonds. The van der Waals surface area contributed by atoms with Gasteiger partial charge in [-0.25, -0.2) is 4.79 Å². The number of ether oxygens (including phenoxy) is 1. The minimum Gasteiger partial charge on any atom is -0.495 e. The van der Waals surface area contributed by atoms with Crippen LogP contribution in [0.2, 0.25) is 0 Å². The molecule has 31 heavy (non-hydrogen) atoms. The lowest BCUT2D eigenvalue weighted by Gasteiger charge is -2.33. The highest BCUT2D eigenvalue weighted by molar-refractivity contribution is 5.95. The lowest BCUT2D eigenvalue weighted by molar-refractivity contribution is -0.120. The van der Waals surface area contributed by atoms with E-state index in [9.17, 15) is 14.7 Å². The second-order valence-corrected chi connectivity index (χ2v) is 7.08. The molecule has 0 aliphatic carbocycles. The lowest BCUT2D eigenvalue weighted by Crippen LogP contribution is -2.43. The highest BCUT2D eigenvalue weighted by Crippen LogP contribution is 2.37. The van der Waals surface area contributed by atoms with Crippen LogP contribution in [0.1, 0.15) is 28.4 Å². The number of aromatic carboxylic acids is 1. The van der Waals surface area contributed by atoms with Crippen molar-refractivity contribution in [2.45, 2.75) is 12.5 Å². The van der Waals surface area contributed by atoms with Gasteiger partial charge in [-0.1, -0.05) is 30.3 Å². The van der Waals surface area contributed by atoms with Gasteiger partial charge in [-0.05, 0) is 36.8 Å². The van der Waals surface area contributed by atoms with Crippen molar-refractivity contribution < 1.29 is 23.8 Å². The summed E-state index contributed by atoms with van der Waals surface area (Å²) in [6.07, 6.45) is 3.12. The van der Waals surface area contributed by atoms with Crippen LogP contribution in [0.25, 0.3) is 11.0 Å². The SMILES string of the molecule is COc1cncc(C(Nc2cc3ccccc3o2)(C(C)=O)c2ccc(C(=O)O)cc2)c1. The molecule has 7 nitrogen and oxygen atoms in total. The number of nitrogens with zero attached hydrogens (tertiary/aromatic N) is 1. The van der Waals surface area contributed by atoms with E-state index in [4.69, 9.17) is 9.15 Å². The molecule has 0 aliphatic heterocycles. The fourth-order valence-corrected chi connectivity index (χ4v) is 3.63. The number of para-hydroxylation sites is 1. The molecule has 0 aliphatic rings. The summed E-state index contributed by atoms with van der Waals surface area (Å²) >= 11 is 0. The van der Waals surface area contributed by atoms with Crippen LogP contribution in [0.3, 0.4) is 0 Å². The normalized spacial score (nSPS) is 12.8. The molecule has 2 heterocycles. The number of aromatic nitrogens is 1. The van der Waals surface area contributed by atoms with Crippen LogP contribution >= 0.6 is 0 Å². The summed E-state index contributed by atoms with van der Waals surface area (Å²) in [5.41, 5.74) is 0.483. The largest absolute Gasteiger partial charge is 0.495 e. The number of furan rings is 1. The van der Waals surface area contributed by atoms with E-state index in [1.807, 2.05) is 30.3 Å². The molecule has 0 saturated carbocycles. The summed E-state index contributed by atoms with van der Waals surface area (Å²) in [5, 5.41) is 13.4. The van der Waals surface area contributed by atoms with Gasteiger partial charge in [0.2, 0.25) is 0 Å². The quantitative estimate of drug-likeness (QED) is 0.458. The van der Waals surface area contributed by atoms with Crippen LogP contribution in [-0.4, -0.2) is 29.0 Å². The van der Waals surface area contributed by atoms with Gasteiger partial charge in [0.1, 0.15) is 11.3 Å². The van der Waals surface area contributed by atoms with Crippen LogP contribution in [0.4, 0.5) is 5.88 Å². The molecule has 4 aromatic rings. The van der Waals surface area contributed by atoms with E-state index in [-0.39, 0.29) is 11.3 Å². The number of carboxylic acids is 1. The molecule has 0 bridgehead atoms. The fourth-order valence-electron chi connectivity index (χ4n) is 3.63. The zero-order valence-electron chi connectivity index (χ0n) is 17.0. The number of fused-ring (bicyclic) bond motifs is 1. The van der Waals surface area contributed by atoms with Crippen LogP contribution in [-0.2, 0) is 10.3 Å². The van der Waals surface area contributed by atoms with Crippen molar-refractivity contribution in [3.63, 3.8) is 0 Å². The third kappa shape index (κ3) is 3.61. The number of ketones is 1. The summed E-state index contributed by atoms with van der Waals surface area (Å²) in [6.45, 7) is 1.46. The Hall–Kier alpha value is -4.13. The molecule has 1 atom stereocenters. The Bertz CT molecular complexity index is 1230. The molecule has 2 N–H and O–H groups in total. The fraction of sp³-hybridized carbons (Fsp3) is 0.125. The standard InChI is InChI=1S/C24H20N2O5/c1-15(27)24(19-12-20(30-2)14-25-13-19,18-9-7-16(8-10-18)23(28)29)26-22-11-17-5-3-4-6-21(17)31-22/h3-14,26H,1-2H3,(H,28,29). The Morgan fingerprint density at radius 2 is 1.77 bits per heavy atom. The van der Waals surface area contributed by atoms with E-state index in [2.05, 4.69) is 10.3 Å². The first-order valence-electron chi connectivity index (χ1n) is 9.55. The van der Waals surface area contributed by atoms with Crippen molar-refractivity contribution in [2.24, 2.45) is 0 Å². The number of hydrogen-bond donors (Lipinski definition) is 2. The molecule has 156 valence electrons. The number of hydrogen-bond acceptors (Lipinski definition) is 6. The van der Waals surface area contributed by atoms with Crippen molar-refractivity contribution >= 4 is 28.6 Å². The molecular weight excluding hydrogens is 396 g/mol. The molecule has 0 saturated heterocycles. The van der Waals surface area contributed by atoms with Gasteiger partial charge in [0.25, 0.3) is 0 Å². The summed E-state index contributed by atoms with van der Waals surface area (Å²) in [6, 6.07) is 17.2. The summed E-state index contributed by atoms with van der Waals surface area (Å²) in [5.74, 6) is -0.405. The number of pyridine rings is 1. The molecule has 0 radical (unpaired) electrons. The van der Waals surface area contributed by atoms with Crippen LogP contribution in [0.15, 0.2) is 77.5 Å². The maximum Gasteiger partial charge on any atom is 0.335 e. The van der Waals surface area contributed by atoms with Gasteiger partial charge in [-0.15, -0.1) is 0 Å². The van der Waals surface area contributed by atoms with Gasteiger partial charge < -0.3 is 19.6 Å². The molecule has 0 spiro atoms. The minimum absolute atomic E-state index is 0.119. The third-order valence-electron chi connectivity index (χ3n) is 5.21. The monoisotopic (exact) mass is 416 g/mol. The number of nitrogens with one attached hydrogen (secondary N) is 1. The Labute approximate surface area is 178 Å². The second kappa shape index (κ2) is 7.95. The number of carbonyl (C=O) groups excluding carboxylic acids is 1. The van der Waals surface area contributed by atoms with Crippen LogP contribution < -0.4 is 10.1 Å². The van der Waals surface area contributed by atoms with E-state index in [1.165, 1.54) is 26.2 Å². The number of rotatable bonds is 7. The van der Waals surface area contributed by atoms with Crippen LogP contribution in [0.5, 0.6) is 5.75 Å². The van der Waals surface area contributed by atoms with Gasteiger partial charge in [-0.2, -0.15) is 0 Å². The van der Waals surface area contributed by atoms with Gasteiger partial charge >= 0.3 is 5.97 Å². The van der Waals surface area contributed by atoms with Gasteiger partial charge in [0, 0.05) is 23.2 Å². The smallest absolute Gasteiger partial charge is 0.335 e. The second-order valence-electron chi connectivity index (χ2n) is 7.08. The van der Waals surface area contributed by atoms with Crippen molar-refractivity contribution in [1.29, 1.82) is 0 Å². The first kappa shape index (κ1) is 20.2. The van der Waals surface area contributed by atoms with Crippen molar-refractivity contribution in [2.75, 3.05) is 12.4 Å². The zero-order chi connectivity index (χ0) is 22.0. The van der Waals surface area contributed by atoms with Gasteiger partial charge in [0.15, 0.2) is 17.2 Å². The number of carbonyl (C=O) groups is 2. The molecule has 2 aromatic heterocycles. The summed E-state index contributed by atoms with van der Waals surface area (Å²) < 4.78 is 11.2. The molecule has 7 heteroatoms. The average Bonchev–Trinajstić information content (AvgIpc) is 3.19. The minimum atomic E-state index is -1.38. The lowest BCUT2D eigenvalue weighted by atomic mass is 9.80. The maximum atomic E-state index is 13.2. The first-order valence-corrected chi connectivity index (χ1v) is 9.55. The van der Waals surface area contributed by atoms with Gasteiger partial charge in [-0.3, -0.25) is 9.78 Å². The Balaban J connectivity index is 1.92. The molecule has 0 fully saturated rings. The maximum absolute atomic E-state index is 13.2. The predicted molar refractivity (Wildman–Crippen MR) is 115 cm³/mol.